The van der Waals surface area contributed by atoms with Gasteiger partial charge in [-0.25, -0.2) is 0 Å². The molecule has 0 bridgehead atoms. The molecule has 0 saturated heterocycles. The number of fused-ring (bicyclic) bond motifs is 1. The zero-order valence-corrected chi connectivity index (χ0v) is 13.9. The van der Waals surface area contributed by atoms with Crippen molar-refractivity contribution < 1.29 is 10.2 Å². The van der Waals surface area contributed by atoms with Gasteiger partial charge in [-0.15, -0.1) is 0 Å². The van der Waals surface area contributed by atoms with Crippen LogP contribution in [0, 0.1) is 0 Å². The molecule has 1 aliphatic heterocycles. The standard InChI is InChI=1S/C20H25NO2/c1-3-7-16-15-10-11-21(2)13-18(14-8-5-4-6-9-14)17(15)12-19(22)20(16)23/h4-6,8-9,12,18,22-23H,3,7,10-11,13H2,1-2H3. The summed E-state index contributed by atoms with van der Waals surface area (Å²) < 4.78 is 0. The molecule has 23 heavy (non-hydrogen) atoms. The first kappa shape index (κ1) is 15.9. The molecule has 0 aromatic heterocycles. The molecular weight excluding hydrogens is 286 g/mol. The fourth-order valence-corrected chi connectivity index (χ4v) is 3.67. The van der Waals surface area contributed by atoms with Gasteiger partial charge in [0.1, 0.15) is 0 Å². The van der Waals surface area contributed by atoms with E-state index in [-0.39, 0.29) is 17.4 Å². The number of phenols is 2. The minimum Gasteiger partial charge on any atom is -0.504 e. The van der Waals surface area contributed by atoms with E-state index in [0.717, 1.165) is 37.9 Å². The Morgan fingerprint density at radius 2 is 1.91 bits per heavy atom. The molecule has 2 aromatic rings. The molecule has 122 valence electrons. The van der Waals surface area contributed by atoms with E-state index in [4.69, 9.17) is 0 Å². The summed E-state index contributed by atoms with van der Waals surface area (Å²) in [7, 11) is 2.14. The van der Waals surface area contributed by atoms with Crippen molar-refractivity contribution in [1.29, 1.82) is 0 Å². The van der Waals surface area contributed by atoms with Gasteiger partial charge in [-0.2, -0.15) is 0 Å². The Morgan fingerprint density at radius 3 is 2.61 bits per heavy atom. The predicted octanol–water partition coefficient (Wildman–Crippen LogP) is 3.67. The van der Waals surface area contributed by atoms with Crippen molar-refractivity contribution in [2.24, 2.45) is 0 Å². The summed E-state index contributed by atoms with van der Waals surface area (Å²) in [4.78, 5) is 2.33. The first-order chi connectivity index (χ1) is 11.1. The van der Waals surface area contributed by atoms with Gasteiger partial charge in [0.2, 0.25) is 0 Å². The van der Waals surface area contributed by atoms with Crippen LogP contribution in [0.4, 0.5) is 0 Å². The quantitative estimate of drug-likeness (QED) is 0.850. The van der Waals surface area contributed by atoms with E-state index in [1.807, 2.05) is 6.07 Å². The SMILES string of the molecule is CCCc1c(O)c(O)cc2c1CCN(C)CC2c1ccccc1. The van der Waals surface area contributed by atoms with Gasteiger partial charge in [-0.05, 0) is 42.6 Å². The third-order valence-corrected chi connectivity index (χ3v) is 4.85. The predicted molar refractivity (Wildman–Crippen MR) is 93.3 cm³/mol. The first-order valence-electron chi connectivity index (χ1n) is 8.41. The number of phenolic OH excluding ortho intramolecular Hbond substituents is 2. The van der Waals surface area contributed by atoms with E-state index in [1.54, 1.807) is 6.07 Å². The lowest BCUT2D eigenvalue weighted by atomic mass is 9.84. The number of nitrogens with zero attached hydrogens (tertiary/aromatic N) is 1. The Balaban J connectivity index is 2.18. The van der Waals surface area contributed by atoms with Crippen LogP contribution in [0.15, 0.2) is 36.4 Å². The molecule has 1 aliphatic rings. The van der Waals surface area contributed by atoms with Gasteiger partial charge >= 0.3 is 0 Å². The maximum Gasteiger partial charge on any atom is 0.160 e. The summed E-state index contributed by atoms with van der Waals surface area (Å²) in [6.07, 6.45) is 2.67. The van der Waals surface area contributed by atoms with Crippen molar-refractivity contribution in [1.82, 2.24) is 4.90 Å². The highest BCUT2D eigenvalue weighted by atomic mass is 16.3. The van der Waals surface area contributed by atoms with Gasteiger partial charge in [-0.3, -0.25) is 0 Å². The van der Waals surface area contributed by atoms with Crippen LogP contribution in [0.1, 0.15) is 41.5 Å². The molecular formula is C20H25NO2. The highest BCUT2D eigenvalue weighted by molar-refractivity contribution is 5.56. The number of benzene rings is 2. The Morgan fingerprint density at radius 1 is 1.17 bits per heavy atom. The summed E-state index contributed by atoms with van der Waals surface area (Å²) in [5.74, 6) is 0.306. The number of hydrogen-bond donors (Lipinski definition) is 2. The van der Waals surface area contributed by atoms with Gasteiger partial charge in [0.15, 0.2) is 11.5 Å². The molecule has 1 atom stereocenters. The van der Waals surface area contributed by atoms with Crippen LogP contribution in [-0.2, 0) is 12.8 Å². The largest absolute Gasteiger partial charge is 0.504 e. The second-order valence-corrected chi connectivity index (χ2v) is 6.52. The van der Waals surface area contributed by atoms with Gasteiger partial charge in [0.05, 0.1) is 0 Å². The fourth-order valence-electron chi connectivity index (χ4n) is 3.67. The van der Waals surface area contributed by atoms with Crippen LogP contribution in [-0.4, -0.2) is 35.3 Å². The molecule has 0 spiro atoms. The van der Waals surface area contributed by atoms with Gasteiger partial charge < -0.3 is 15.1 Å². The molecule has 0 saturated carbocycles. The van der Waals surface area contributed by atoms with Crippen LogP contribution in [0.5, 0.6) is 11.5 Å². The van der Waals surface area contributed by atoms with Crippen molar-refractivity contribution in [3.8, 4) is 11.5 Å². The second-order valence-electron chi connectivity index (χ2n) is 6.52. The summed E-state index contributed by atoms with van der Waals surface area (Å²) in [5.41, 5.74) is 4.58. The zero-order chi connectivity index (χ0) is 16.4. The number of hydrogen-bond acceptors (Lipinski definition) is 3. The van der Waals surface area contributed by atoms with Crippen LogP contribution >= 0.6 is 0 Å². The molecule has 3 nitrogen and oxygen atoms in total. The van der Waals surface area contributed by atoms with Crippen LogP contribution in [0.3, 0.4) is 0 Å². The van der Waals surface area contributed by atoms with E-state index < -0.39 is 0 Å². The Hall–Kier alpha value is -2.00. The Labute approximate surface area is 138 Å². The first-order valence-corrected chi connectivity index (χ1v) is 8.41. The molecule has 2 aromatic carbocycles. The summed E-state index contributed by atoms with van der Waals surface area (Å²) in [5, 5.41) is 20.6. The topological polar surface area (TPSA) is 43.7 Å². The molecule has 2 N–H and O–H groups in total. The average Bonchev–Trinajstić information content (AvgIpc) is 2.72. The zero-order valence-electron chi connectivity index (χ0n) is 13.9. The molecule has 1 heterocycles. The van der Waals surface area contributed by atoms with Gasteiger partial charge in [0, 0.05) is 24.6 Å². The van der Waals surface area contributed by atoms with Crippen LogP contribution in [0.2, 0.25) is 0 Å². The Kier molecular flexibility index (Phi) is 4.58. The molecule has 1 unspecified atom stereocenters. The maximum absolute atomic E-state index is 10.3. The maximum atomic E-state index is 10.3. The highest BCUT2D eigenvalue weighted by Gasteiger charge is 2.27. The number of aromatic hydroxyl groups is 2. The molecule has 0 fully saturated rings. The van der Waals surface area contributed by atoms with E-state index in [2.05, 4.69) is 43.1 Å². The lowest BCUT2D eigenvalue weighted by Gasteiger charge is -2.23. The fraction of sp³-hybridized carbons (Fsp3) is 0.400. The van der Waals surface area contributed by atoms with Crippen molar-refractivity contribution in [3.05, 3.63) is 58.7 Å². The monoisotopic (exact) mass is 311 g/mol. The van der Waals surface area contributed by atoms with E-state index in [9.17, 15) is 10.2 Å². The number of likely N-dealkylation sites (N-methyl/N-ethyl adjacent to an activating group) is 1. The summed E-state index contributed by atoms with van der Waals surface area (Å²) in [6, 6.07) is 12.2. The molecule has 0 radical (unpaired) electrons. The third kappa shape index (κ3) is 3.06. The van der Waals surface area contributed by atoms with Crippen LogP contribution < -0.4 is 0 Å². The summed E-state index contributed by atoms with van der Waals surface area (Å²) >= 11 is 0. The lowest BCUT2D eigenvalue weighted by molar-refractivity contribution is 0.338. The number of rotatable bonds is 3. The van der Waals surface area contributed by atoms with E-state index in [0.29, 0.717) is 0 Å². The van der Waals surface area contributed by atoms with E-state index >= 15 is 0 Å². The average molecular weight is 311 g/mol. The summed E-state index contributed by atoms with van der Waals surface area (Å²) in [6.45, 7) is 4.00. The van der Waals surface area contributed by atoms with Crippen molar-refractivity contribution in [2.45, 2.75) is 32.1 Å². The van der Waals surface area contributed by atoms with Crippen molar-refractivity contribution in [2.75, 3.05) is 20.1 Å². The Bertz CT molecular complexity index is 682. The van der Waals surface area contributed by atoms with Crippen molar-refractivity contribution in [3.63, 3.8) is 0 Å². The van der Waals surface area contributed by atoms with Gasteiger partial charge in [-0.1, -0.05) is 43.7 Å². The molecule has 3 heteroatoms. The minimum atomic E-state index is 0.0117. The minimum absolute atomic E-state index is 0.0117. The van der Waals surface area contributed by atoms with Gasteiger partial charge in [0.25, 0.3) is 0 Å². The normalized spacial score (nSPS) is 18.4. The molecule has 0 amide bonds. The van der Waals surface area contributed by atoms with Crippen LogP contribution in [0.25, 0.3) is 0 Å². The molecule has 3 rings (SSSR count). The highest BCUT2D eigenvalue weighted by Crippen LogP contribution is 2.41. The second kappa shape index (κ2) is 6.63. The molecule has 0 aliphatic carbocycles. The van der Waals surface area contributed by atoms with Crippen molar-refractivity contribution >= 4 is 0 Å². The lowest BCUT2D eigenvalue weighted by Crippen LogP contribution is -2.24. The smallest absolute Gasteiger partial charge is 0.160 e. The third-order valence-electron chi connectivity index (χ3n) is 4.85. The van der Waals surface area contributed by atoms with E-state index in [1.165, 1.54) is 16.7 Å².